The standard InChI is InChI=1S/C28H32N2O2/c1-28(2,3)19-25-27(32)29(20-21-10-5-4-6-11-21)16-17-30(25)26(31)18-23-14-9-13-22-12-7-8-15-24(22)23/h4-15,25H,16-20H2,1-3H3. The number of hydrogen-bond donors (Lipinski definition) is 0. The highest BCUT2D eigenvalue weighted by atomic mass is 16.2. The molecule has 3 aromatic rings. The van der Waals surface area contributed by atoms with Gasteiger partial charge in [0.2, 0.25) is 11.8 Å². The molecule has 3 aromatic carbocycles. The van der Waals surface area contributed by atoms with Crippen LogP contribution in [0.2, 0.25) is 0 Å². The van der Waals surface area contributed by atoms with Crippen LogP contribution in [0.15, 0.2) is 72.8 Å². The molecule has 0 radical (unpaired) electrons. The number of fused-ring (bicyclic) bond motifs is 1. The molecule has 1 fully saturated rings. The van der Waals surface area contributed by atoms with E-state index >= 15 is 0 Å². The van der Waals surface area contributed by atoms with Gasteiger partial charge in [0.15, 0.2) is 0 Å². The van der Waals surface area contributed by atoms with Crippen LogP contribution >= 0.6 is 0 Å². The van der Waals surface area contributed by atoms with Crippen molar-refractivity contribution in [2.24, 2.45) is 5.41 Å². The van der Waals surface area contributed by atoms with Gasteiger partial charge in [0.25, 0.3) is 0 Å². The minimum absolute atomic E-state index is 0.0308. The van der Waals surface area contributed by atoms with E-state index in [4.69, 9.17) is 0 Å². The number of nitrogens with zero attached hydrogens (tertiary/aromatic N) is 2. The van der Waals surface area contributed by atoms with Crippen LogP contribution < -0.4 is 0 Å². The van der Waals surface area contributed by atoms with Crippen LogP contribution in [0.25, 0.3) is 10.8 Å². The van der Waals surface area contributed by atoms with Crippen LogP contribution in [0.1, 0.15) is 38.3 Å². The molecular weight excluding hydrogens is 396 g/mol. The zero-order valence-electron chi connectivity index (χ0n) is 19.3. The van der Waals surface area contributed by atoms with Gasteiger partial charge in [0, 0.05) is 19.6 Å². The Kier molecular flexibility index (Phi) is 6.31. The minimum Gasteiger partial charge on any atom is -0.335 e. The molecule has 0 aliphatic carbocycles. The number of piperazine rings is 1. The lowest BCUT2D eigenvalue weighted by molar-refractivity contribution is -0.153. The predicted molar refractivity (Wildman–Crippen MR) is 129 cm³/mol. The molecule has 1 saturated heterocycles. The molecular formula is C28H32N2O2. The van der Waals surface area contributed by atoms with E-state index in [-0.39, 0.29) is 17.2 Å². The second-order valence-corrected chi connectivity index (χ2v) is 9.93. The molecule has 1 atom stereocenters. The molecule has 0 spiro atoms. The number of carbonyl (C=O) groups excluding carboxylic acids is 2. The highest BCUT2D eigenvalue weighted by Gasteiger charge is 2.39. The first-order chi connectivity index (χ1) is 15.3. The van der Waals surface area contributed by atoms with E-state index in [0.29, 0.717) is 32.5 Å². The molecule has 166 valence electrons. The third-order valence-corrected chi connectivity index (χ3v) is 6.15. The Bertz CT molecular complexity index is 1100. The smallest absolute Gasteiger partial charge is 0.245 e. The Balaban J connectivity index is 1.56. The van der Waals surface area contributed by atoms with Crippen molar-refractivity contribution in [1.29, 1.82) is 0 Å². The monoisotopic (exact) mass is 428 g/mol. The van der Waals surface area contributed by atoms with Crippen molar-refractivity contribution in [3.63, 3.8) is 0 Å². The molecule has 4 heteroatoms. The van der Waals surface area contributed by atoms with Crippen LogP contribution in [0.5, 0.6) is 0 Å². The lowest BCUT2D eigenvalue weighted by atomic mass is 9.86. The summed E-state index contributed by atoms with van der Waals surface area (Å²) in [5.74, 6) is 0.0876. The van der Waals surface area contributed by atoms with Gasteiger partial charge < -0.3 is 9.80 Å². The Morgan fingerprint density at radius 2 is 1.59 bits per heavy atom. The molecule has 0 aromatic heterocycles. The normalized spacial score (nSPS) is 17.1. The Morgan fingerprint density at radius 1 is 0.906 bits per heavy atom. The van der Waals surface area contributed by atoms with Crippen LogP contribution in [0.4, 0.5) is 0 Å². The van der Waals surface area contributed by atoms with Gasteiger partial charge >= 0.3 is 0 Å². The summed E-state index contributed by atoms with van der Waals surface area (Å²) >= 11 is 0. The van der Waals surface area contributed by atoms with Crippen LogP contribution in [0.3, 0.4) is 0 Å². The first-order valence-electron chi connectivity index (χ1n) is 11.4. The van der Waals surface area contributed by atoms with Gasteiger partial charge in [-0.2, -0.15) is 0 Å². The fraction of sp³-hybridized carbons (Fsp3) is 0.357. The van der Waals surface area contributed by atoms with E-state index in [2.05, 4.69) is 39.0 Å². The zero-order valence-corrected chi connectivity index (χ0v) is 19.3. The molecule has 1 heterocycles. The molecule has 1 unspecified atom stereocenters. The molecule has 1 aliphatic rings. The molecule has 0 N–H and O–H groups in total. The summed E-state index contributed by atoms with van der Waals surface area (Å²) in [5.41, 5.74) is 2.07. The Hall–Kier alpha value is -3.14. The van der Waals surface area contributed by atoms with Gasteiger partial charge in [0.05, 0.1) is 6.42 Å². The van der Waals surface area contributed by atoms with Gasteiger partial charge in [-0.3, -0.25) is 9.59 Å². The largest absolute Gasteiger partial charge is 0.335 e. The first-order valence-corrected chi connectivity index (χ1v) is 11.4. The summed E-state index contributed by atoms with van der Waals surface area (Å²) in [6.07, 6.45) is 0.965. The second kappa shape index (κ2) is 9.15. The average Bonchev–Trinajstić information content (AvgIpc) is 2.76. The van der Waals surface area contributed by atoms with Gasteiger partial charge in [0.1, 0.15) is 6.04 Å². The molecule has 4 rings (SSSR count). The molecule has 32 heavy (non-hydrogen) atoms. The highest BCUT2D eigenvalue weighted by Crippen LogP contribution is 2.28. The van der Waals surface area contributed by atoms with Crippen LogP contribution in [-0.2, 0) is 22.6 Å². The third-order valence-electron chi connectivity index (χ3n) is 6.15. The van der Waals surface area contributed by atoms with Crippen molar-refractivity contribution in [1.82, 2.24) is 9.80 Å². The molecule has 1 aliphatic heterocycles. The first kappa shape index (κ1) is 22.1. The van der Waals surface area contributed by atoms with Crippen molar-refractivity contribution >= 4 is 22.6 Å². The van der Waals surface area contributed by atoms with E-state index in [1.54, 1.807) is 0 Å². The quantitative estimate of drug-likeness (QED) is 0.570. The summed E-state index contributed by atoms with van der Waals surface area (Å²) < 4.78 is 0. The molecule has 2 amide bonds. The van der Waals surface area contributed by atoms with Crippen molar-refractivity contribution < 1.29 is 9.59 Å². The molecule has 0 saturated carbocycles. The van der Waals surface area contributed by atoms with E-state index in [1.165, 1.54) is 0 Å². The molecule has 0 bridgehead atoms. The average molecular weight is 429 g/mol. The SMILES string of the molecule is CC(C)(C)CC1C(=O)N(Cc2ccccc2)CCN1C(=O)Cc1cccc2ccccc12. The maximum atomic E-state index is 13.5. The van der Waals surface area contributed by atoms with Crippen LogP contribution in [-0.4, -0.2) is 40.7 Å². The van der Waals surface area contributed by atoms with E-state index < -0.39 is 6.04 Å². The number of carbonyl (C=O) groups is 2. The Morgan fingerprint density at radius 3 is 2.34 bits per heavy atom. The van der Waals surface area contributed by atoms with Gasteiger partial charge in [-0.1, -0.05) is 93.6 Å². The highest BCUT2D eigenvalue weighted by molar-refractivity contribution is 5.93. The summed E-state index contributed by atoms with van der Waals surface area (Å²) in [7, 11) is 0. The molecule has 4 nitrogen and oxygen atoms in total. The topological polar surface area (TPSA) is 40.6 Å². The lowest BCUT2D eigenvalue weighted by Gasteiger charge is -2.43. The predicted octanol–water partition coefficient (Wildman–Crippen LogP) is 5.06. The second-order valence-electron chi connectivity index (χ2n) is 9.93. The Labute approximate surface area is 190 Å². The maximum Gasteiger partial charge on any atom is 0.245 e. The zero-order chi connectivity index (χ0) is 22.7. The number of amides is 2. The minimum atomic E-state index is -0.421. The van der Waals surface area contributed by atoms with E-state index in [1.807, 2.05) is 64.4 Å². The maximum absolute atomic E-state index is 13.5. The van der Waals surface area contributed by atoms with Crippen molar-refractivity contribution in [3.8, 4) is 0 Å². The van der Waals surface area contributed by atoms with E-state index in [0.717, 1.165) is 21.9 Å². The van der Waals surface area contributed by atoms with Gasteiger partial charge in [-0.05, 0) is 33.7 Å². The van der Waals surface area contributed by atoms with Crippen molar-refractivity contribution in [2.45, 2.75) is 46.2 Å². The third kappa shape index (κ3) is 5.01. The van der Waals surface area contributed by atoms with Gasteiger partial charge in [-0.25, -0.2) is 0 Å². The summed E-state index contributed by atoms with van der Waals surface area (Å²) in [6, 6.07) is 23.9. The van der Waals surface area contributed by atoms with Crippen molar-refractivity contribution in [3.05, 3.63) is 83.9 Å². The van der Waals surface area contributed by atoms with E-state index in [9.17, 15) is 9.59 Å². The van der Waals surface area contributed by atoms with Gasteiger partial charge in [-0.15, -0.1) is 0 Å². The number of benzene rings is 3. The summed E-state index contributed by atoms with van der Waals surface area (Å²) in [5, 5.41) is 2.23. The lowest BCUT2D eigenvalue weighted by Crippen LogP contribution is -2.59. The number of rotatable bonds is 5. The fourth-order valence-electron chi connectivity index (χ4n) is 4.59. The summed E-state index contributed by atoms with van der Waals surface area (Å²) in [4.78, 5) is 30.7. The van der Waals surface area contributed by atoms with Crippen molar-refractivity contribution in [2.75, 3.05) is 13.1 Å². The summed E-state index contributed by atoms with van der Waals surface area (Å²) in [6.45, 7) is 8.11. The number of hydrogen-bond acceptors (Lipinski definition) is 2. The van der Waals surface area contributed by atoms with Crippen LogP contribution in [0, 0.1) is 5.41 Å². The fourth-order valence-corrected chi connectivity index (χ4v) is 4.59.